The van der Waals surface area contributed by atoms with Crippen LogP contribution in [0.4, 0.5) is 0 Å². The average molecular weight is 367 g/mol. The lowest BCUT2D eigenvalue weighted by molar-refractivity contribution is -0.146. The van der Waals surface area contributed by atoms with Gasteiger partial charge in [-0.3, -0.25) is 14.3 Å². The van der Waals surface area contributed by atoms with Crippen LogP contribution >= 0.6 is 0 Å². The maximum atomic E-state index is 12.9. The van der Waals surface area contributed by atoms with Crippen molar-refractivity contribution in [2.75, 3.05) is 0 Å². The number of fused-ring (bicyclic) bond motifs is 1. The summed E-state index contributed by atoms with van der Waals surface area (Å²) in [4.78, 5) is 28.3. The molecule has 1 N–H and O–H groups in total. The van der Waals surface area contributed by atoms with Crippen LogP contribution in [0.25, 0.3) is 10.9 Å². The number of carbonyl (C=O) groups excluding carboxylic acids is 2. The van der Waals surface area contributed by atoms with Crippen LogP contribution in [0.15, 0.2) is 24.3 Å². The fraction of sp³-hybridized carbons (Fsp3) is 0.381. The van der Waals surface area contributed by atoms with Crippen molar-refractivity contribution >= 4 is 22.7 Å². The molecule has 0 amide bonds. The molecule has 0 aliphatic heterocycles. The fourth-order valence-electron chi connectivity index (χ4n) is 3.51. The molecule has 3 aromatic rings. The van der Waals surface area contributed by atoms with Gasteiger partial charge in [-0.05, 0) is 45.7 Å². The Balaban J connectivity index is 1.67. The first-order valence-electron chi connectivity index (χ1n) is 9.09. The van der Waals surface area contributed by atoms with Crippen molar-refractivity contribution in [2.45, 2.75) is 46.6 Å². The van der Waals surface area contributed by atoms with E-state index in [1.54, 1.807) is 6.92 Å². The number of carbonyl (C=O) groups is 2. The van der Waals surface area contributed by atoms with Crippen molar-refractivity contribution in [1.82, 2.24) is 14.8 Å². The molecule has 6 nitrogen and oxygen atoms in total. The van der Waals surface area contributed by atoms with E-state index in [2.05, 4.69) is 10.1 Å². The molecule has 0 saturated carbocycles. The number of ether oxygens (including phenoxy) is 1. The predicted octanol–water partition coefficient (Wildman–Crippen LogP) is 3.57. The van der Waals surface area contributed by atoms with Crippen LogP contribution in [0.3, 0.4) is 0 Å². The normalized spacial score (nSPS) is 12.3. The van der Waals surface area contributed by atoms with Crippen molar-refractivity contribution in [3.63, 3.8) is 0 Å². The summed E-state index contributed by atoms with van der Waals surface area (Å²) in [6.45, 7) is 7.39. The molecule has 0 unspecified atom stereocenters. The first-order chi connectivity index (χ1) is 12.8. The third kappa shape index (κ3) is 3.65. The highest BCUT2D eigenvalue weighted by Crippen LogP contribution is 2.24. The Hall–Kier alpha value is -2.89. The minimum Gasteiger partial charge on any atom is -0.454 e. The van der Waals surface area contributed by atoms with Crippen LogP contribution in [0, 0.1) is 20.8 Å². The van der Waals surface area contributed by atoms with E-state index in [-0.39, 0.29) is 18.2 Å². The third-order valence-corrected chi connectivity index (χ3v) is 5.06. The quantitative estimate of drug-likeness (QED) is 0.534. The minimum absolute atomic E-state index is 0.188. The Bertz CT molecular complexity index is 1010. The number of esters is 1. The van der Waals surface area contributed by atoms with E-state index in [0.29, 0.717) is 12.0 Å². The lowest BCUT2D eigenvalue weighted by atomic mass is 10.0. The zero-order chi connectivity index (χ0) is 19.7. The van der Waals surface area contributed by atoms with E-state index in [9.17, 15) is 9.59 Å². The van der Waals surface area contributed by atoms with Crippen LogP contribution in [0.1, 0.15) is 46.3 Å². The van der Waals surface area contributed by atoms with Crippen molar-refractivity contribution < 1.29 is 14.3 Å². The summed E-state index contributed by atoms with van der Waals surface area (Å²) in [7, 11) is 1.88. The minimum atomic E-state index is -0.827. The first-order valence-corrected chi connectivity index (χ1v) is 9.09. The highest BCUT2D eigenvalue weighted by atomic mass is 16.5. The Morgan fingerprint density at radius 3 is 2.59 bits per heavy atom. The Kier molecular flexibility index (Phi) is 5.17. The molecule has 6 heteroatoms. The summed E-state index contributed by atoms with van der Waals surface area (Å²) >= 11 is 0. The molecule has 27 heavy (non-hydrogen) atoms. The number of benzene rings is 1. The van der Waals surface area contributed by atoms with E-state index in [1.165, 1.54) is 0 Å². The molecule has 1 atom stereocenters. The number of ketones is 1. The number of hydrogen-bond donors (Lipinski definition) is 1. The van der Waals surface area contributed by atoms with Gasteiger partial charge < -0.3 is 9.72 Å². The van der Waals surface area contributed by atoms with Gasteiger partial charge in [-0.1, -0.05) is 18.2 Å². The number of hydrogen-bond acceptors (Lipinski definition) is 4. The number of aryl methyl sites for hydroxylation is 3. The number of aromatic amines is 1. The second-order valence-electron chi connectivity index (χ2n) is 6.94. The van der Waals surface area contributed by atoms with E-state index in [1.807, 2.05) is 56.8 Å². The molecule has 0 aliphatic carbocycles. The average Bonchev–Trinajstić information content (AvgIpc) is 3.07. The predicted molar refractivity (Wildman–Crippen MR) is 104 cm³/mol. The first kappa shape index (κ1) is 18.9. The summed E-state index contributed by atoms with van der Waals surface area (Å²) < 4.78 is 7.23. The zero-order valence-electron chi connectivity index (χ0n) is 16.4. The molecule has 0 fully saturated rings. The lowest BCUT2D eigenvalue weighted by Crippen LogP contribution is -2.25. The molecule has 2 aromatic heterocycles. The molecule has 0 radical (unpaired) electrons. The second kappa shape index (κ2) is 7.39. The SMILES string of the molecule is Cc1nn(C)c(C)c1CCC(=O)O[C@@H](C)C(=O)c1c(C)[nH]c2ccccc12. The van der Waals surface area contributed by atoms with Gasteiger partial charge in [0.15, 0.2) is 6.10 Å². The number of nitrogens with zero attached hydrogens (tertiary/aromatic N) is 2. The van der Waals surface area contributed by atoms with Gasteiger partial charge in [0.05, 0.1) is 5.69 Å². The summed E-state index contributed by atoms with van der Waals surface area (Å²) in [5, 5.41) is 5.21. The van der Waals surface area contributed by atoms with Gasteiger partial charge in [0.1, 0.15) is 0 Å². The second-order valence-corrected chi connectivity index (χ2v) is 6.94. The largest absolute Gasteiger partial charge is 0.454 e. The summed E-state index contributed by atoms with van der Waals surface area (Å²) in [6.07, 6.45) is -0.0543. The van der Waals surface area contributed by atoms with Crippen LogP contribution in [0.5, 0.6) is 0 Å². The Labute approximate surface area is 158 Å². The van der Waals surface area contributed by atoms with Gasteiger partial charge >= 0.3 is 5.97 Å². The monoisotopic (exact) mass is 367 g/mol. The van der Waals surface area contributed by atoms with E-state index < -0.39 is 6.10 Å². The molecule has 0 saturated heterocycles. The van der Waals surface area contributed by atoms with Gasteiger partial charge in [0, 0.05) is 41.3 Å². The van der Waals surface area contributed by atoms with Crippen LogP contribution in [-0.4, -0.2) is 32.6 Å². The van der Waals surface area contributed by atoms with Crippen LogP contribution in [-0.2, 0) is 23.0 Å². The topological polar surface area (TPSA) is 77.0 Å². The smallest absolute Gasteiger partial charge is 0.306 e. The molecule has 0 spiro atoms. The summed E-state index contributed by atoms with van der Waals surface area (Å²) in [5.74, 6) is -0.567. The molecular formula is C21H25N3O3. The van der Waals surface area contributed by atoms with E-state index >= 15 is 0 Å². The summed E-state index contributed by atoms with van der Waals surface area (Å²) in [6, 6.07) is 7.63. The highest BCUT2D eigenvalue weighted by molar-refractivity contribution is 6.11. The Morgan fingerprint density at radius 1 is 1.22 bits per heavy atom. The van der Waals surface area contributed by atoms with Crippen LogP contribution < -0.4 is 0 Å². The number of para-hydroxylation sites is 1. The van der Waals surface area contributed by atoms with E-state index in [4.69, 9.17) is 4.74 Å². The van der Waals surface area contributed by atoms with Gasteiger partial charge in [0.25, 0.3) is 0 Å². The summed E-state index contributed by atoms with van der Waals surface area (Å²) in [5.41, 5.74) is 5.29. The third-order valence-electron chi connectivity index (χ3n) is 5.06. The van der Waals surface area contributed by atoms with Crippen molar-refractivity contribution in [3.8, 4) is 0 Å². The standard InChI is InChI=1S/C21H25N3O3/c1-12-16(14(3)24(5)23-12)10-11-19(25)27-15(4)21(26)20-13(2)22-18-9-7-6-8-17(18)20/h6-9,15,22H,10-11H2,1-5H3/t15-/m0/s1. The number of H-pyrrole nitrogens is 1. The number of rotatable bonds is 6. The van der Waals surface area contributed by atoms with Gasteiger partial charge in [-0.2, -0.15) is 5.10 Å². The van der Waals surface area contributed by atoms with Crippen molar-refractivity contribution in [1.29, 1.82) is 0 Å². The molecule has 1 aromatic carbocycles. The van der Waals surface area contributed by atoms with Gasteiger partial charge in [-0.25, -0.2) is 0 Å². The number of aromatic nitrogens is 3. The molecular weight excluding hydrogens is 342 g/mol. The molecule has 3 rings (SSSR count). The van der Waals surface area contributed by atoms with Crippen LogP contribution in [0.2, 0.25) is 0 Å². The maximum Gasteiger partial charge on any atom is 0.306 e. The maximum absolute atomic E-state index is 12.9. The van der Waals surface area contributed by atoms with Gasteiger partial charge in [-0.15, -0.1) is 0 Å². The Morgan fingerprint density at radius 2 is 1.93 bits per heavy atom. The number of nitrogens with one attached hydrogen (secondary N) is 1. The lowest BCUT2D eigenvalue weighted by Gasteiger charge is -2.13. The molecule has 2 heterocycles. The number of Topliss-reactive ketones (excluding diaryl/α,β-unsaturated/α-hetero) is 1. The molecule has 0 bridgehead atoms. The van der Waals surface area contributed by atoms with Gasteiger partial charge in [0.2, 0.25) is 5.78 Å². The molecule has 0 aliphatic rings. The van der Waals surface area contributed by atoms with E-state index in [0.717, 1.165) is 33.5 Å². The zero-order valence-corrected chi connectivity index (χ0v) is 16.4. The molecule has 142 valence electrons. The fourth-order valence-corrected chi connectivity index (χ4v) is 3.51. The van der Waals surface area contributed by atoms with Crippen molar-refractivity contribution in [2.24, 2.45) is 7.05 Å². The highest BCUT2D eigenvalue weighted by Gasteiger charge is 2.24. The van der Waals surface area contributed by atoms with Crippen molar-refractivity contribution in [3.05, 3.63) is 52.5 Å².